The van der Waals surface area contributed by atoms with Crippen molar-refractivity contribution in [2.75, 3.05) is 20.9 Å². The molecule has 1 amide bonds. The Bertz CT molecular complexity index is 1630. The first-order valence-corrected chi connectivity index (χ1v) is 15.1. The van der Waals surface area contributed by atoms with Gasteiger partial charge in [-0.2, -0.15) is 0 Å². The highest BCUT2D eigenvalue weighted by atomic mass is 79.9. The molecule has 4 aromatic rings. The quantitative estimate of drug-likeness (QED) is 0.263. The highest BCUT2D eigenvalue weighted by molar-refractivity contribution is 9.10. The van der Waals surface area contributed by atoms with Gasteiger partial charge in [-0.1, -0.05) is 51.8 Å². The third kappa shape index (κ3) is 6.60. The molecule has 0 radical (unpaired) electrons. The molecular formula is C27H24BrN3O5S2. The molecule has 0 aliphatic rings. The number of aryl methyl sites for hydroxylation is 1. The van der Waals surface area contributed by atoms with Crippen molar-refractivity contribution in [3.05, 3.63) is 113 Å². The highest BCUT2D eigenvalue weighted by Gasteiger charge is 2.27. The standard InChI is InChI=1S/C27H24BrN3O5S2/c1-20-7-15-26(16-8-20)38(35,36)31(24-5-3-2-4-6-24)19-27(32)29-22-13-17-25(18-14-22)37(33,34)30-23-11-9-21(28)10-12-23/h2-18,30H,19H2,1H3,(H,29,32). The lowest BCUT2D eigenvalue weighted by molar-refractivity contribution is -0.114. The molecule has 11 heteroatoms. The van der Waals surface area contributed by atoms with Gasteiger partial charge >= 0.3 is 0 Å². The molecule has 0 heterocycles. The molecule has 8 nitrogen and oxygen atoms in total. The summed E-state index contributed by atoms with van der Waals surface area (Å²) in [4.78, 5) is 13.0. The van der Waals surface area contributed by atoms with Gasteiger partial charge in [0.1, 0.15) is 6.54 Å². The second-order valence-corrected chi connectivity index (χ2v) is 12.8. The smallest absolute Gasteiger partial charge is 0.264 e. The number of nitrogens with one attached hydrogen (secondary N) is 2. The lowest BCUT2D eigenvalue weighted by atomic mass is 10.2. The zero-order chi connectivity index (χ0) is 27.3. The van der Waals surface area contributed by atoms with Crippen molar-refractivity contribution in [3.63, 3.8) is 0 Å². The van der Waals surface area contributed by atoms with E-state index in [1.165, 1.54) is 36.4 Å². The summed E-state index contributed by atoms with van der Waals surface area (Å²) < 4.78 is 56.6. The van der Waals surface area contributed by atoms with E-state index in [2.05, 4.69) is 26.0 Å². The van der Waals surface area contributed by atoms with Crippen LogP contribution in [0.2, 0.25) is 0 Å². The van der Waals surface area contributed by atoms with Gasteiger partial charge in [0.2, 0.25) is 5.91 Å². The molecule has 196 valence electrons. The van der Waals surface area contributed by atoms with Crippen molar-refractivity contribution < 1.29 is 21.6 Å². The van der Waals surface area contributed by atoms with Crippen LogP contribution in [0, 0.1) is 6.92 Å². The minimum Gasteiger partial charge on any atom is -0.325 e. The maximum absolute atomic E-state index is 13.4. The van der Waals surface area contributed by atoms with Crippen molar-refractivity contribution in [1.82, 2.24) is 0 Å². The summed E-state index contributed by atoms with van der Waals surface area (Å²) in [6.45, 7) is 1.37. The molecule has 0 bridgehead atoms. The molecule has 0 aromatic heterocycles. The molecular weight excluding hydrogens is 590 g/mol. The number of halogens is 1. The fraction of sp³-hybridized carbons (Fsp3) is 0.0741. The number of anilines is 3. The predicted octanol–water partition coefficient (Wildman–Crippen LogP) is 5.39. The van der Waals surface area contributed by atoms with Gasteiger partial charge in [-0.3, -0.25) is 13.8 Å². The minimum atomic E-state index is -4.03. The van der Waals surface area contributed by atoms with Gasteiger partial charge in [-0.25, -0.2) is 16.8 Å². The zero-order valence-corrected chi connectivity index (χ0v) is 23.4. The molecule has 0 unspecified atom stereocenters. The summed E-state index contributed by atoms with van der Waals surface area (Å²) in [7, 11) is -7.88. The van der Waals surface area contributed by atoms with Crippen LogP contribution in [-0.2, 0) is 24.8 Å². The van der Waals surface area contributed by atoms with E-state index in [0.717, 1.165) is 14.3 Å². The molecule has 0 aliphatic heterocycles. The first-order valence-electron chi connectivity index (χ1n) is 11.4. The molecule has 0 saturated heterocycles. The van der Waals surface area contributed by atoms with Gasteiger partial charge in [0.25, 0.3) is 20.0 Å². The maximum atomic E-state index is 13.4. The number of para-hydroxylation sites is 1. The summed E-state index contributed by atoms with van der Waals surface area (Å²) in [5, 5.41) is 2.64. The van der Waals surface area contributed by atoms with Gasteiger partial charge in [0, 0.05) is 15.8 Å². The second-order valence-electron chi connectivity index (χ2n) is 8.35. The van der Waals surface area contributed by atoms with Crippen molar-refractivity contribution >= 4 is 58.9 Å². The molecule has 0 fully saturated rings. The van der Waals surface area contributed by atoms with Gasteiger partial charge in [-0.05, 0) is 79.7 Å². The summed E-state index contributed by atoms with van der Waals surface area (Å²) >= 11 is 3.30. The van der Waals surface area contributed by atoms with Crippen molar-refractivity contribution in [3.8, 4) is 0 Å². The van der Waals surface area contributed by atoms with Gasteiger partial charge in [-0.15, -0.1) is 0 Å². The number of hydrogen-bond acceptors (Lipinski definition) is 5. The highest BCUT2D eigenvalue weighted by Crippen LogP contribution is 2.24. The summed E-state index contributed by atoms with van der Waals surface area (Å²) in [6.07, 6.45) is 0. The van der Waals surface area contributed by atoms with E-state index >= 15 is 0 Å². The lowest BCUT2D eigenvalue weighted by Crippen LogP contribution is -2.38. The van der Waals surface area contributed by atoms with Crippen LogP contribution >= 0.6 is 15.9 Å². The Balaban J connectivity index is 1.50. The summed E-state index contributed by atoms with van der Waals surface area (Å²) in [5.41, 5.74) is 1.97. The van der Waals surface area contributed by atoms with Crippen LogP contribution in [0.15, 0.2) is 117 Å². The Morgan fingerprint density at radius 3 is 1.89 bits per heavy atom. The second kappa shape index (κ2) is 11.4. The maximum Gasteiger partial charge on any atom is 0.264 e. The summed E-state index contributed by atoms with van der Waals surface area (Å²) in [5.74, 6) is -0.590. The SMILES string of the molecule is Cc1ccc(S(=O)(=O)N(CC(=O)Nc2ccc(S(=O)(=O)Nc3ccc(Br)cc3)cc2)c2ccccc2)cc1. The Labute approximate surface area is 230 Å². The van der Waals surface area contributed by atoms with Crippen molar-refractivity contribution in [1.29, 1.82) is 0 Å². The predicted molar refractivity (Wildman–Crippen MR) is 152 cm³/mol. The lowest BCUT2D eigenvalue weighted by Gasteiger charge is -2.24. The Kier molecular flexibility index (Phi) is 8.20. The van der Waals surface area contributed by atoms with Crippen LogP contribution < -0.4 is 14.3 Å². The van der Waals surface area contributed by atoms with Gasteiger partial charge in [0.15, 0.2) is 0 Å². The zero-order valence-electron chi connectivity index (χ0n) is 20.2. The number of nitrogens with zero attached hydrogens (tertiary/aromatic N) is 1. The molecule has 4 aromatic carbocycles. The minimum absolute atomic E-state index is 0.00581. The fourth-order valence-corrected chi connectivity index (χ4v) is 6.27. The average Bonchev–Trinajstić information content (AvgIpc) is 2.89. The molecule has 0 saturated carbocycles. The average molecular weight is 615 g/mol. The number of amides is 1. The van der Waals surface area contributed by atoms with E-state index in [1.54, 1.807) is 66.7 Å². The van der Waals surface area contributed by atoms with Crippen LogP contribution in [0.25, 0.3) is 0 Å². The molecule has 2 N–H and O–H groups in total. The topological polar surface area (TPSA) is 113 Å². The molecule has 38 heavy (non-hydrogen) atoms. The van der Waals surface area contributed by atoms with Crippen molar-refractivity contribution in [2.24, 2.45) is 0 Å². The Morgan fingerprint density at radius 1 is 0.737 bits per heavy atom. The van der Waals surface area contributed by atoms with Crippen LogP contribution in [0.1, 0.15) is 5.56 Å². The van der Waals surface area contributed by atoms with Crippen molar-refractivity contribution in [2.45, 2.75) is 16.7 Å². The summed E-state index contributed by atoms with van der Waals surface area (Å²) in [6, 6.07) is 27.0. The third-order valence-electron chi connectivity index (χ3n) is 5.49. The Morgan fingerprint density at radius 2 is 1.29 bits per heavy atom. The largest absolute Gasteiger partial charge is 0.325 e. The van der Waals surface area contributed by atoms with Crippen LogP contribution in [0.5, 0.6) is 0 Å². The van der Waals surface area contributed by atoms with E-state index < -0.39 is 32.5 Å². The molecule has 0 atom stereocenters. The first-order chi connectivity index (χ1) is 18.0. The number of carbonyl (C=O) groups excluding carboxylic acids is 1. The van der Waals surface area contributed by atoms with E-state index in [0.29, 0.717) is 17.1 Å². The van der Waals surface area contributed by atoms with E-state index in [-0.39, 0.29) is 9.79 Å². The number of sulfonamides is 2. The van der Waals surface area contributed by atoms with Gasteiger partial charge < -0.3 is 5.32 Å². The number of carbonyl (C=O) groups is 1. The molecule has 4 rings (SSSR count). The monoisotopic (exact) mass is 613 g/mol. The number of benzene rings is 4. The first kappa shape index (κ1) is 27.4. The number of hydrogen-bond donors (Lipinski definition) is 2. The van der Waals surface area contributed by atoms with E-state index in [1.807, 2.05) is 6.92 Å². The van der Waals surface area contributed by atoms with Crippen LogP contribution in [-0.4, -0.2) is 29.3 Å². The third-order valence-corrected chi connectivity index (χ3v) is 9.20. The van der Waals surface area contributed by atoms with Crippen LogP contribution in [0.4, 0.5) is 17.1 Å². The Hall–Kier alpha value is -3.67. The van der Waals surface area contributed by atoms with Crippen LogP contribution in [0.3, 0.4) is 0 Å². The van der Waals surface area contributed by atoms with E-state index in [9.17, 15) is 21.6 Å². The van der Waals surface area contributed by atoms with E-state index in [4.69, 9.17) is 0 Å². The molecule has 0 aliphatic carbocycles. The van der Waals surface area contributed by atoms with Gasteiger partial charge in [0.05, 0.1) is 15.5 Å². The normalized spacial score (nSPS) is 11.5. The molecule has 0 spiro atoms. The fourth-order valence-electron chi connectivity index (χ4n) is 3.53. The number of rotatable bonds is 9.